The van der Waals surface area contributed by atoms with Crippen LogP contribution in [0.15, 0.2) is 43.1 Å². The van der Waals surface area contributed by atoms with Crippen molar-refractivity contribution in [3.63, 3.8) is 0 Å². The first-order valence-corrected chi connectivity index (χ1v) is 9.52. The van der Waals surface area contributed by atoms with Crippen molar-refractivity contribution >= 4 is 5.82 Å². The Labute approximate surface area is 158 Å². The lowest BCUT2D eigenvalue weighted by atomic mass is 10.0. The van der Waals surface area contributed by atoms with Crippen LogP contribution in [0.4, 0.5) is 5.82 Å². The van der Waals surface area contributed by atoms with Crippen LogP contribution in [0.1, 0.15) is 5.69 Å². The van der Waals surface area contributed by atoms with Crippen LogP contribution in [0, 0.1) is 11.8 Å². The van der Waals surface area contributed by atoms with Gasteiger partial charge in [0.15, 0.2) is 5.82 Å². The summed E-state index contributed by atoms with van der Waals surface area (Å²) in [5.74, 6) is 3.27. The van der Waals surface area contributed by atoms with Gasteiger partial charge in [0, 0.05) is 76.5 Å². The zero-order valence-corrected chi connectivity index (χ0v) is 15.5. The van der Waals surface area contributed by atoms with Gasteiger partial charge in [-0.15, -0.1) is 0 Å². The van der Waals surface area contributed by atoms with Crippen LogP contribution in [-0.4, -0.2) is 67.2 Å². The number of aromatic nitrogens is 6. The first-order chi connectivity index (χ1) is 13.3. The van der Waals surface area contributed by atoms with Gasteiger partial charge in [-0.3, -0.25) is 4.68 Å². The third-order valence-electron chi connectivity index (χ3n) is 5.87. The molecule has 140 valence electrons. The predicted molar refractivity (Wildman–Crippen MR) is 102 cm³/mol. The largest absolute Gasteiger partial charge is 0.356 e. The van der Waals surface area contributed by atoms with Crippen LogP contribution in [0.5, 0.6) is 0 Å². The third kappa shape index (κ3) is 3.21. The molecule has 8 nitrogen and oxygen atoms in total. The summed E-state index contributed by atoms with van der Waals surface area (Å²) in [6.45, 7) is 5.61. The Morgan fingerprint density at radius 2 is 1.81 bits per heavy atom. The Morgan fingerprint density at radius 3 is 2.52 bits per heavy atom. The summed E-state index contributed by atoms with van der Waals surface area (Å²) in [5, 5.41) is 8.53. The highest BCUT2D eigenvalue weighted by molar-refractivity contribution is 5.44. The molecule has 2 saturated heterocycles. The SMILES string of the molecule is Cn1nccc1CCN1CC2CN(c3cc(-n4cccn4)ncn3)CC2C1. The molecule has 8 heteroatoms. The van der Waals surface area contributed by atoms with Crippen molar-refractivity contribution in [3.8, 4) is 5.82 Å². The first-order valence-electron chi connectivity index (χ1n) is 9.52. The Kier molecular flexibility index (Phi) is 4.12. The Morgan fingerprint density at radius 1 is 1.00 bits per heavy atom. The first kappa shape index (κ1) is 16.4. The summed E-state index contributed by atoms with van der Waals surface area (Å²) >= 11 is 0. The molecule has 0 N–H and O–H groups in total. The number of hydrogen-bond donors (Lipinski definition) is 0. The summed E-state index contributed by atoms with van der Waals surface area (Å²) in [7, 11) is 2.02. The van der Waals surface area contributed by atoms with Crippen molar-refractivity contribution in [2.75, 3.05) is 37.6 Å². The van der Waals surface area contributed by atoms with E-state index in [1.54, 1.807) is 17.2 Å². The summed E-state index contributed by atoms with van der Waals surface area (Å²) < 4.78 is 3.76. The van der Waals surface area contributed by atoms with E-state index in [2.05, 4.69) is 36.0 Å². The Bertz CT molecular complexity index is 888. The standard InChI is InChI=1S/C19H24N8/c1-24-17(3-6-22-24)4-8-25-10-15-12-26(13-16(15)11-25)18-9-19(21-14-20-18)27-7-2-5-23-27/h2-3,5-7,9,14-16H,4,8,10-13H2,1H3. The fourth-order valence-corrected chi connectivity index (χ4v) is 4.42. The van der Waals surface area contributed by atoms with E-state index in [1.165, 1.54) is 18.8 Å². The summed E-state index contributed by atoms with van der Waals surface area (Å²) in [4.78, 5) is 13.9. The molecule has 2 fully saturated rings. The topological polar surface area (TPSA) is 67.9 Å². The van der Waals surface area contributed by atoms with E-state index in [4.69, 9.17) is 0 Å². The summed E-state index contributed by atoms with van der Waals surface area (Å²) in [6.07, 6.45) is 8.26. The van der Waals surface area contributed by atoms with Crippen molar-refractivity contribution in [3.05, 3.63) is 48.8 Å². The predicted octanol–water partition coefficient (Wildman–Crippen LogP) is 1.01. The van der Waals surface area contributed by atoms with Crippen molar-refractivity contribution in [2.45, 2.75) is 6.42 Å². The molecule has 0 radical (unpaired) electrons. The second-order valence-corrected chi connectivity index (χ2v) is 7.57. The van der Waals surface area contributed by atoms with Crippen molar-refractivity contribution in [2.24, 2.45) is 18.9 Å². The average molecular weight is 364 g/mol. The zero-order valence-electron chi connectivity index (χ0n) is 15.5. The monoisotopic (exact) mass is 364 g/mol. The van der Waals surface area contributed by atoms with Gasteiger partial charge < -0.3 is 9.80 Å². The van der Waals surface area contributed by atoms with E-state index in [1.807, 2.05) is 36.3 Å². The van der Waals surface area contributed by atoms with Crippen LogP contribution in [0.25, 0.3) is 5.82 Å². The van der Waals surface area contributed by atoms with Crippen LogP contribution in [0.3, 0.4) is 0 Å². The number of aryl methyl sites for hydroxylation is 1. The number of rotatable bonds is 5. The molecule has 5 heterocycles. The van der Waals surface area contributed by atoms with Crippen molar-refractivity contribution < 1.29 is 0 Å². The molecule has 2 aliphatic heterocycles. The number of fused-ring (bicyclic) bond motifs is 1. The van der Waals surface area contributed by atoms with Gasteiger partial charge in [-0.05, 0) is 24.0 Å². The van der Waals surface area contributed by atoms with Gasteiger partial charge in [-0.1, -0.05) is 0 Å². The van der Waals surface area contributed by atoms with Gasteiger partial charge in [0.2, 0.25) is 0 Å². The van der Waals surface area contributed by atoms with E-state index in [9.17, 15) is 0 Å². The van der Waals surface area contributed by atoms with Gasteiger partial charge in [0.1, 0.15) is 12.1 Å². The van der Waals surface area contributed by atoms with Gasteiger partial charge >= 0.3 is 0 Å². The smallest absolute Gasteiger partial charge is 0.158 e. The van der Waals surface area contributed by atoms with Crippen molar-refractivity contribution in [1.82, 2.24) is 34.4 Å². The molecule has 0 amide bonds. The summed E-state index contributed by atoms with van der Waals surface area (Å²) in [6, 6.07) is 6.06. The lowest BCUT2D eigenvalue weighted by molar-refractivity contribution is 0.318. The molecule has 27 heavy (non-hydrogen) atoms. The zero-order chi connectivity index (χ0) is 18.2. The van der Waals surface area contributed by atoms with Crippen molar-refractivity contribution in [1.29, 1.82) is 0 Å². The number of anilines is 1. The lowest BCUT2D eigenvalue weighted by Gasteiger charge is -2.22. The molecule has 5 rings (SSSR count). The maximum Gasteiger partial charge on any atom is 0.158 e. The van der Waals surface area contributed by atoms with Crippen LogP contribution >= 0.6 is 0 Å². The Hall–Kier alpha value is -2.74. The fraction of sp³-hybridized carbons (Fsp3) is 0.474. The number of hydrogen-bond acceptors (Lipinski definition) is 6. The number of nitrogens with zero attached hydrogens (tertiary/aromatic N) is 8. The maximum absolute atomic E-state index is 4.51. The highest BCUT2D eigenvalue weighted by Crippen LogP contribution is 2.33. The molecule has 0 bridgehead atoms. The molecule has 2 atom stereocenters. The van der Waals surface area contributed by atoms with E-state index >= 15 is 0 Å². The van der Waals surface area contributed by atoms with Gasteiger partial charge in [-0.2, -0.15) is 10.2 Å². The van der Waals surface area contributed by atoms with E-state index in [0.29, 0.717) is 0 Å². The second-order valence-electron chi connectivity index (χ2n) is 7.57. The quantitative estimate of drug-likeness (QED) is 0.673. The van der Waals surface area contributed by atoms with Gasteiger partial charge in [-0.25, -0.2) is 14.6 Å². The minimum absolute atomic E-state index is 0.722. The van der Waals surface area contributed by atoms with E-state index in [0.717, 1.165) is 49.5 Å². The van der Waals surface area contributed by atoms with E-state index < -0.39 is 0 Å². The maximum atomic E-state index is 4.51. The molecule has 0 aromatic carbocycles. The van der Waals surface area contributed by atoms with Gasteiger partial charge in [0.05, 0.1) is 0 Å². The average Bonchev–Trinajstić information content (AvgIpc) is 3.44. The highest BCUT2D eigenvalue weighted by Gasteiger charge is 2.40. The molecular formula is C19H24N8. The van der Waals surface area contributed by atoms with Crippen LogP contribution in [0.2, 0.25) is 0 Å². The summed E-state index contributed by atoms with van der Waals surface area (Å²) in [5.41, 5.74) is 1.31. The molecule has 3 aromatic rings. The molecule has 2 unspecified atom stereocenters. The molecule has 2 aliphatic rings. The highest BCUT2D eigenvalue weighted by atomic mass is 15.3. The molecule has 0 spiro atoms. The lowest BCUT2D eigenvalue weighted by Crippen LogP contribution is -2.30. The minimum atomic E-state index is 0.722. The second kappa shape index (κ2) is 6.77. The van der Waals surface area contributed by atoms with Crippen LogP contribution in [-0.2, 0) is 13.5 Å². The molecule has 0 aliphatic carbocycles. The molecular weight excluding hydrogens is 340 g/mol. The molecule has 3 aromatic heterocycles. The van der Waals surface area contributed by atoms with E-state index in [-0.39, 0.29) is 0 Å². The number of likely N-dealkylation sites (tertiary alicyclic amines) is 1. The fourth-order valence-electron chi connectivity index (χ4n) is 4.42. The Balaban J connectivity index is 1.20. The minimum Gasteiger partial charge on any atom is -0.356 e. The molecule has 0 saturated carbocycles. The normalized spacial score (nSPS) is 22.5. The van der Waals surface area contributed by atoms with Crippen LogP contribution < -0.4 is 4.90 Å². The third-order valence-corrected chi connectivity index (χ3v) is 5.87. The van der Waals surface area contributed by atoms with Gasteiger partial charge in [0.25, 0.3) is 0 Å².